The Morgan fingerprint density at radius 2 is 2.20 bits per heavy atom. The van der Waals surface area contributed by atoms with E-state index in [1.807, 2.05) is 6.20 Å². The lowest BCUT2D eigenvalue weighted by Crippen LogP contribution is -2.38. The maximum atomic E-state index is 11.3. The highest BCUT2D eigenvalue weighted by molar-refractivity contribution is 5.75. The summed E-state index contributed by atoms with van der Waals surface area (Å²) < 4.78 is 7.68. The monoisotopic (exact) mass is 280 g/mol. The molecular formula is C14H24N4O2. The number of hydrogen-bond donors (Lipinski definition) is 2. The van der Waals surface area contributed by atoms with Crippen LogP contribution in [0.3, 0.4) is 0 Å². The number of rotatable bonds is 4. The van der Waals surface area contributed by atoms with Crippen LogP contribution in [0.5, 0.6) is 0 Å². The number of carbonyl (C=O) groups excluding carboxylic acids is 1. The summed E-state index contributed by atoms with van der Waals surface area (Å²) in [4.78, 5) is 11.3. The molecule has 1 unspecified atom stereocenters. The normalized spacial score (nSPS) is 23.6. The molecule has 6 heteroatoms. The van der Waals surface area contributed by atoms with Gasteiger partial charge < -0.3 is 15.4 Å². The molecule has 1 atom stereocenters. The highest BCUT2D eigenvalue weighted by Crippen LogP contribution is 2.38. The molecule has 2 heterocycles. The van der Waals surface area contributed by atoms with Crippen molar-refractivity contribution >= 4 is 11.6 Å². The summed E-state index contributed by atoms with van der Waals surface area (Å²) in [5, 5.41) is 10.2. The first kappa shape index (κ1) is 14.8. The molecule has 1 saturated heterocycles. The molecule has 6 nitrogen and oxygen atoms in total. The molecule has 0 spiro atoms. The van der Waals surface area contributed by atoms with Crippen LogP contribution in [0.25, 0.3) is 0 Å². The fourth-order valence-corrected chi connectivity index (χ4v) is 2.74. The topological polar surface area (TPSA) is 68.2 Å². The van der Waals surface area contributed by atoms with Crippen LogP contribution in [0.4, 0.5) is 5.69 Å². The average Bonchev–Trinajstić information content (AvgIpc) is 2.81. The maximum absolute atomic E-state index is 11.3. The van der Waals surface area contributed by atoms with Gasteiger partial charge in [0.05, 0.1) is 29.1 Å². The van der Waals surface area contributed by atoms with Crippen molar-refractivity contribution in [3.05, 3.63) is 12.4 Å². The van der Waals surface area contributed by atoms with E-state index in [9.17, 15) is 4.79 Å². The molecule has 0 bridgehead atoms. The SMILES string of the molecule is CNC(=O)Cn1cc(NC2CC(C)(C)OC2(C)C)cn1. The van der Waals surface area contributed by atoms with E-state index in [2.05, 4.69) is 43.4 Å². The van der Waals surface area contributed by atoms with Crippen molar-refractivity contribution < 1.29 is 9.53 Å². The van der Waals surface area contributed by atoms with Gasteiger partial charge in [-0.05, 0) is 34.1 Å². The third-order valence-electron chi connectivity index (χ3n) is 3.63. The number of likely N-dealkylation sites (N-methyl/N-ethyl adjacent to an activating group) is 1. The van der Waals surface area contributed by atoms with Crippen LogP contribution in [0, 0.1) is 0 Å². The van der Waals surface area contributed by atoms with Gasteiger partial charge in [0.2, 0.25) is 5.91 Å². The summed E-state index contributed by atoms with van der Waals surface area (Å²) in [5.74, 6) is -0.0645. The molecule has 1 aliphatic heterocycles. The molecule has 0 aliphatic carbocycles. The zero-order valence-corrected chi connectivity index (χ0v) is 12.9. The van der Waals surface area contributed by atoms with Crippen molar-refractivity contribution in [1.29, 1.82) is 0 Å². The van der Waals surface area contributed by atoms with Gasteiger partial charge in [0, 0.05) is 13.2 Å². The predicted octanol–water partition coefficient (Wildman–Crippen LogP) is 1.39. The number of anilines is 1. The number of aromatic nitrogens is 2. The van der Waals surface area contributed by atoms with E-state index in [0.29, 0.717) is 0 Å². The van der Waals surface area contributed by atoms with E-state index in [1.165, 1.54) is 0 Å². The molecule has 20 heavy (non-hydrogen) atoms. The maximum Gasteiger partial charge on any atom is 0.241 e. The molecule has 1 aromatic heterocycles. The Morgan fingerprint density at radius 1 is 1.50 bits per heavy atom. The lowest BCUT2D eigenvalue weighted by atomic mass is 9.94. The molecule has 112 valence electrons. The van der Waals surface area contributed by atoms with Gasteiger partial charge in [-0.1, -0.05) is 0 Å². The minimum absolute atomic E-state index is 0.0645. The highest BCUT2D eigenvalue weighted by atomic mass is 16.5. The molecule has 0 saturated carbocycles. The summed E-state index contributed by atoms with van der Waals surface area (Å²) in [7, 11) is 1.62. The first-order valence-electron chi connectivity index (χ1n) is 6.92. The predicted molar refractivity (Wildman–Crippen MR) is 77.6 cm³/mol. The van der Waals surface area contributed by atoms with Crippen molar-refractivity contribution in [2.24, 2.45) is 0 Å². The Bertz CT molecular complexity index is 493. The Morgan fingerprint density at radius 3 is 2.75 bits per heavy atom. The molecule has 0 radical (unpaired) electrons. The minimum Gasteiger partial charge on any atom is -0.377 e. The second-order valence-electron chi connectivity index (χ2n) is 6.47. The lowest BCUT2D eigenvalue weighted by Gasteiger charge is -2.27. The van der Waals surface area contributed by atoms with E-state index in [1.54, 1.807) is 17.9 Å². The van der Waals surface area contributed by atoms with Crippen molar-refractivity contribution in [3.63, 3.8) is 0 Å². The summed E-state index contributed by atoms with van der Waals surface area (Å²) in [5.41, 5.74) is 0.555. The van der Waals surface area contributed by atoms with Gasteiger partial charge in [0.25, 0.3) is 0 Å². The third kappa shape index (κ3) is 3.30. The summed E-state index contributed by atoms with van der Waals surface area (Å²) in [6.07, 6.45) is 4.52. The van der Waals surface area contributed by atoms with E-state index in [0.717, 1.165) is 12.1 Å². The molecule has 0 aromatic carbocycles. The van der Waals surface area contributed by atoms with Gasteiger partial charge >= 0.3 is 0 Å². The van der Waals surface area contributed by atoms with Crippen LogP contribution < -0.4 is 10.6 Å². The van der Waals surface area contributed by atoms with Crippen molar-refractivity contribution in [1.82, 2.24) is 15.1 Å². The Hall–Kier alpha value is -1.56. The van der Waals surface area contributed by atoms with Crippen LogP contribution in [-0.4, -0.2) is 40.0 Å². The number of carbonyl (C=O) groups is 1. The largest absolute Gasteiger partial charge is 0.377 e. The summed E-state index contributed by atoms with van der Waals surface area (Å²) in [6, 6.07) is 0.218. The second-order valence-corrected chi connectivity index (χ2v) is 6.47. The first-order chi connectivity index (χ1) is 9.22. The second kappa shape index (κ2) is 5.09. The lowest BCUT2D eigenvalue weighted by molar-refractivity contribution is -0.121. The Balaban J connectivity index is 2.02. The minimum atomic E-state index is -0.230. The van der Waals surface area contributed by atoms with Gasteiger partial charge in [0.1, 0.15) is 6.54 Å². The summed E-state index contributed by atoms with van der Waals surface area (Å²) in [6.45, 7) is 8.62. The van der Waals surface area contributed by atoms with Gasteiger partial charge in [0.15, 0.2) is 0 Å². The van der Waals surface area contributed by atoms with E-state index in [4.69, 9.17) is 4.74 Å². The van der Waals surface area contributed by atoms with Gasteiger partial charge in [-0.2, -0.15) is 5.10 Å². The smallest absolute Gasteiger partial charge is 0.241 e. The van der Waals surface area contributed by atoms with Crippen LogP contribution in [0.1, 0.15) is 34.1 Å². The molecule has 2 rings (SSSR count). The molecule has 2 N–H and O–H groups in total. The molecule has 1 aliphatic rings. The third-order valence-corrected chi connectivity index (χ3v) is 3.63. The fraction of sp³-hybridized carbons (Fsp3) is 0.714. The summed E-state index contributed by atoms with van der Waals surface area (Å²) >= 11 is 0. The number of hydrogen-bond acceptors (Lipinski definition) is 4. The number of nitrogens with one attached hydrogen (secondary N) is 2. The molecule has 1 amide bonds. The number of amides is 1. The van der Waals surface area contributed by atoms with Crippen molar-refractivity contribution in [3.8, 4) is 0 Å². The quantitative estimate of drug-likeness (QED) is 0.874. The standard InChI is InChI=1S/C14H24N4O2/c1-13(2)6-11(14(3,4)20-13)17-10-7-16-18(8-10)9-12(19)15-5/h7-8,11,17H,6,9H2,1-5H3,(H,15,19). The number of nitrogens with zero attached hydrogens (tertiary/aromatic N) is 2. The van der Waals surface area contributed by atoms with Crippen LogP contribution >= 0.6 is 0 Å². The average molecular weight is 280 g/mol. The molecular weight excluding hydrogens is 256 g/mol. The van der Waals surface area contributed by atoms with E-state index < -0.39 is 0 Å². The van der Waals surface area contributed by atoms with E-state index in [-0.39, 0.29) is 29.7 Å². The van der Waals surface area contributed by atoms with Gasteiger partial charge in [-0.15, -0.1) is 0 Å². The van der Waals surface area contributed by atoms with Crippen LogP contribution in [0.15, 0.2) is 12.4 Å². The molecule has 1 aromatic rings. The highest BCUT2D eigenvalue weighted by Gasteiger charge is 2.45. The van der Waals surface area contributed by atoms with Crippen molar-refractivity contribution in [2.75, 3.05) is 12.4 Å². The van der Waals surface area contributed by atoms with E-state index >= 15 is 0 Å². The van der Waals surface area contributed by atoms with Crippen LogP contribution in [0.2, 0.25) is 0 Å². The number of ether oxygens (including phenoxy) is 1. The van der Waals surface area contributed by atoms with Gasteiger partial charge in [-0.3, -0.25) is 9.48 Å². The van der Waals surface area contributed by atoms with Crippen LogP contribution in [-0.2, 0) is 16.1 Å². The molecule has 1 fully saturated rings. The zero-order valence-electron chi connectivity index (χ0n) is 12.9. The Kier molecular flexibility index (Phi) is 3.77. The van der Waals surface area contributed by atoms with Gasteiger partial charge in [-0.25, -0.2) is 0 Å². The zero-order chi connectivity index (χ0) is 15.0. The van der Waals surface area contributed by atoms with Crippen molar-refractivity contribution in [2.45, 2.75) is 57.9 Å². The Labute approximate surface area is 119 Å². The fourth-order valence-electron chi connectivity index (χ4n) is 2.74. The first-order valence-corrected chi connectivity index (χ1v) is 6.92.